The molecule has 0 aliphatic carbocycles. The highest BCUT2D eigenvalue weighted by Gasteiger charge is 2.21. The summed E-state index contributed by atoms with van der Waals surface area (Å²) in [6.07, 6.45) is 0. The predicted octanol–water partition coefficient (Wildman–Crippen LogP) is 0.955. The average Bonchev–Trinajstić information content (AvgIpc) is 2.74. The van der Waals surface area contributed by atoms with Crippen molar-refractivity contribution in [3.05, 3.63) is 16.5 Å². The SMILES string of the molecule is CC(C)(CN)NC(=O)CNS(=O)(=O)c1ccc(Cl)s1.Cl. The van der Waals surface area contributed by atoms with Gasteiger partial charge in [0.1, 0.15) is 4.21 Å². The molecule has 0 unspecified atom stereocenters. The van der Waals surface area contributed by atoms with E-state index < -0.39 is 21.5 Å². The van der Waals surface area contributed by atoms with E-state index >= 15 is 0 Å². The van der Waals surface area contributed by atoms with Gasteiger partial charge in [-0.25, -0.2) is 13.1 Å². The van der Waals surface area contributed by atoms with Crippen LogP contribution >= 0.6 is 35.3 Å². The number of hydrogen-bond acceptors (Lipinski definition) is 5. The fourth-order valence-corrected chi connectivity index (χ4v) is 3.66. The van der Waals surface area contributed by atoms with Crippen LogP contribution in [0.1, 0.15) is 13.8 Å². The van der Waals surface area contributed by atoms with Crippen molar-refractivity contribution in [2.45, 2.75) is 23.6 Å². The fourth-order valence-electron chi connectivity index (χ4n) is 1.15. The molecule has 0 aliphatic rings. The fraction of sp³-hybridized carbons (Fsp3) is 0.500. The third-order valence-electron chi connectivity index (χ3n) is 2.22. The predicted molar refractivity (Wildman–Crippen MR) is 83.0 cm³/mol. The van der Waals surface area contributed by atoms with E-state index in [9.17, 15) is 13.2 Å². The molecule has 0 radical (unpaired) electrons. The second-order valence-corrected chi connectivity index (χ2v) is 8.23. The molecule has 0 fully saturated rings. The van der Waals surface area contributed by atoms with Crippen LogP contribution in [0.3, 0.4) is 0 Å². The zero-order chi connectivity index (χ0) is 14.7. The molecule has 10 heteroatoms. The van der Waals surface area contributed by atoms with Gasteiger partial charge in [-0.2, -0.15) is 0 Å². The van der Waals surface area contributed by atoms with Crippen molar-refractivity contribution in [3.8, 4) is 0 Å². The molecular formula is C10H17Cl2N3O3S2. The van der Waals surface area contributed by atoms with Gasteiger partial charge in [0, 0.05) is 12.1 Å². The highest BCUT2D eigenvalue weighted by molar-refractivity contribution is 7.91. The number of thiophene rings is 1. The minimum Gasteiger partial charge on any atom is -0.349 e. The first kappa shape index (κ1) is 19.6. The van der Waals surface area contributed by atoms with Gasteiger partial charge in [-0.3, -0.25) is 4.79 Å². The molecule has 0 saturated heterocycles. The highest BCUT2D eigenvalue weighted by atomic mass is 35.5. The van der Waals surface area contributed by atoms with Gasteiger partial charge in [0.2, 0.25) is 5.91 Å². The Morgan fingerprint density at radius 2 is 2.05 bits per heavy atom. The van der Waals surface area contributed by atoms with Crippen molar-refractivity contribution in [2.75, 3.05) is 13.1 Å². The van der Waals surface area contributed by atoms with Gasteiger partial charge in [-0.1, -0.05) is 11.6 Å². The van der Waals surface area contributed by atoms with Gasteiger partial charge >= 0.3 is 0 Å². The third kappa shape index (κ3) is 5.94. The summed E-state index contributed by atoms with van der Waals surface area (Å²) in [5.41, 5.74) is 4.89. The largest absolute Gasteiger partial charge is 0.349 e. The van der Waals surface area contributed by atoms with Gasteiger partial charge in [0.05, 0.1) is 10.9 Å². The number of hydrogen-bond donors (Lipinski definition) is 3. The summed E-state index contributed by atoms with van der Waals surface area (Å²) < 4.78 is 26.3. The summed E-state index contributed by atoms with van der Waals surface area (Å²) >= 11 is 6.60. The van der Waals surface area contributed by atoms with E-state index in [4.69, 9.17) is 17.3 Å². The number of nitrogens with two attached hydrogens (primary N) is 1. The normalized spacial score (nSPS) is 11.8. The molecule has 20 heavy (non-hydrogen) atoms. The van der Waals surface area contributed by atoms with E-state index in [2.05, 4.69) is 10.0 Å². The minimum atomic E-state index is -3.70. The lowest BCUT2D eigenvalue weighted by molar-refractivity contribution is -0.121. The summed E-state index contributed by atoms with van der Waals surface area (Å²) in [7, 11) is -3.70. The monoisotopic (exact) mass is 361 g/mol. The Bertz CT molecular complexity index is 558. The maximum absolute atomic E-state index is 11.8. The summed E-state index contributed by atoms with van der Waals surface area (Å²) in [5, 5.41) is 2.62. The molecular weight excluding hydrogens is 345 g/mol. The molecule has 6 nitrogen and oxygen atoms in total. The Morgan fingerprint density at radius 3 is 2.50 bits per heavy atom. The minimum absolute atomic E-state index is 0. The van der Waals surface area contributed by atoms with Crippen LogP contribution in [-0.4, -0.2) is 33.0 Å². The van der Waals surface area contributed by atoms with E-state index in [1.165, 1.54) is 12.1 Å². The van der Waals surface area contributed by atoms with Gasteiger partial charge in [0.25, 0.3) is 10.0 Å². The van der Waals surface area contributed by atoms with Crippen LogP contribution in [0.5, 0.6) is 0 Å². The maximum atomic E-state index is 11.8. The van der Waals surface area contributed by atoms with E-state index in [1.807, 2.05) is 0 Å². The molecule has 1 aromatic rings. The summed E-state index contributed by atoms with van der Waals surface area (Å²) in [5.74, 6) is -0.443. The van der Waals surface area contributed by atoms with Crippen LogP contribution in [0.4, 0.5) is 0 Å². The number of sulfonamides is 1. The molecule has 1 heterocycles. The Labute approximate surface area is 133 Å². The quantitative estimate of drug-likeness (QED) is 0.701. The molecule has 0 bridgehead atoms. The highest BCUT2D eigenvalue weighted by Crippen LogP contribution is 2.25. The number of halogens is 2. The van der Waals surface area contributed by atoms with Crippen molar-refractivity contribution in [1.29, 1.82) is 0 Å². The van der Waals surface area contributed by atoms with Crippen LogP contribution in [-0.2, 0) is 14.8 Å². The smallest absolute Gasteiger partial charge is 0.250 e. The van der Waals surface area contributed by atoms with Crippen molar-refractivity contribution < 1.29 is 13.2 Å². The molecule has 116 valence electrons. The van der Waals surface area contributed by atoms with Crippen LogP contribution in [0.25, 0.3) is 0 Å². The molecule has 0 aliphatic heterocycles. The average molecular weight is 362 g/mol. The van der Waals surface area contributed by atoms with E-state index in [0.717, 1.165) is 11.3 Å². The van der Waals surface area contributed by atoms with Crippen LogP contribution in [0, 0.1) is 0 Å². The molecule has 1 rings (SSSR count). The first-order chi connectivity index (χ1) is 8.66. The molecule has 1 amide bonds. The maximum Gasteiger partial charge on any atom is 0.250 e. The molecule has 0 aromatic carbocycles. The first-order valence-corrected chi connectivity index (χ1v) is 8.10. The van der Waals surface area contributed by atoms with Gasteiger partial charge in [-0.05, 0) is 26.0 Å². The van der Waals surface area contributed by atoms with Gasteiger partial charge in [0.15, 0.2) is 0 Å². The summed E-state index contributed by atoms with van der Waals surface area (Å²) in [6.45, 7) is 3.41. The molecule has 1 aromatic heterocycles. The van der Waals surface area contributed by atoms with Crippen molar-refractivity contribution in [3.63, 3.8) is 0 Å². The molecule has 0 saturated carbocycles. The van der Waals surface area contributed by atoms with Gasteiger partial charge in [-0.15, -0.1) is 23.7 Å². The molecule has 0 spiro atoms. The van der Waals surface area contributed by atoms with Crippen molar-refractivity contribution in [1.82, 2.24) is 10.0 Å². The first-order valence-electron chi connectivity index (χ1n) is 5.42. The third-order valence-corrected chi connectivity index (χ3v) is 5.35. The second-order valence-electron chi connectivity index (χ2n) is 4.52. The van der Waals surface area contributed by atoms with Crippen LogP contribution in [0.2, 0.25) is 4.34 Å². The zero-order valence-electron chi connectivity index (χ0n) is 11.0. The van der Waals surface area contributed by atoms with Crippen molar-refractivity contribution in [2.24, 2.45) is 5.73 Å². The Morgan fingerprint density at radius 1 is 1.45 bits per heavy atom. The lowest BCUT2D eigenvalue weighted by Gasteiger charge is -2.24. The summed E-state index contributed by atoms with van der Waals surface area (Å²) in [4.78, 5) is 11.6. The van der Waals surface area contributed by atoms with E-state index in [0.29, 0.717) is 4.34 Å². The topological polar surface area (TPSA) is 101 Å². The Kier molecular flexibility index (Phi) is 7.43. The molecule has 4 N–H and O–H groups in total. The number of nitrogens with one attached hydrogen (secondary N) is 2. The van der Waals surface area contributed by atoms with E-state index in [-0.39, 0.29) is 29.7 Å². The Balaban J connectivity index is 0.00000361. The second kappa shape index (κ2) is 7.58. The van der Waals surface area contributed by atoms with E-state index in [1.54, 1.807) is 13.8 Å². The number of carbonyl (C=O) groups excluding carboxylic acids is 1. The number of rotatable bonds is 6. The summed E-state index contributed by atoms with van der Waals surface area (Å²) in [6, 6.07) is 2.87. The van der Waals surface area contributed by atoms with Gasteiger partial charge < -0.3 is 11.1 Å². The lowest BCUT2D eigenvalue weighted by atomic mass is 10.1. The number of carbonyl (C=O) groups is 1. The Hall–Kier alpha value is -0.380. The standard InChI is InChI=1S/C10H16ClN3O3S2.ClH/c1-10(2,6-12)14-8(15)5-13-19(16,17)9-4-3-7(11)18-9;/h3-4,13H,5-6,12H2,1-2H3,(H,14,15);1H. The lowest BCUT2D eigenvalue weighted by Crippen LogP contribution is -2.51. The number of amides is 1. The molecule has 0 atom stereocenters. The van der Waals surface area contributed by atoms with Crippen LogP contribution < -0.4 is 15.8 Å². The van der Waals surface area contributed by atoms with Crippen molar-refractivity contribution >= 4 is 51.3 Å². The van der Waals surface area contributed by atoms with Crippen LogP contribution in [0.15, 0.2) is 16.3 Å². The zero-order valence-corrected chi connectivity index (χ0v) is 14.2.